The predicted molar refractivity (Wildman–Crippen MR) is 146 cm³/mol. The van der Waals surface area contributed by atoms with Crippen molar-refractivity contribution in [2.45, 2.75) is 31.9 Å². The lowest BCUT2D eigenvalue weighted by Crippen LogP contribution is -2.30. The molecule has 0 saturated carbocycles. The number of carboxylic acids is 1. The Hall–Kier alpha value is -2.67. The third kappa shape index (κ3) is 4.47. The number of hydrogen-bond donors (Lipinski definition) is 2. The van der Waals surface area contributed by atoms with Gasteiger partial charge in [-0.2, -0.15) is 0 Å². The van der Waals surface area contributed by atoms with Crippen molar-refractivity contribution in [3.05, 3.63) is 97.0 Å². The second kappa shape index (κ2) is 10.0. The largest absolute Gasteiger partial charge is 0.493 e. The van der Waals surface area contributed by atoms with Gasteiger partial charge >= 0.3 is 5.97 Å². The third-order valence-corrected chi connectivity index (χ3v) is 8.20. The van der Waals surface area contributed by atoms with Gasteiger partial charge in [0.15, 0.2) is 11.5 Å². The van der Waals surface area contributed by atoms with Crippen molar-refractivity contribution in [2.24, 2.45) is 5.92 Å². The number of hydrogen-bond acceptors (Lipinski definition) is 4. The van der Waals surface area contributed by atoms with Crippen molar-refractivity contribution in [3.63, 3.8) is 0 Å². The number of fused-ring (bicyclic) bond motifs is 3. The molecule has 2 aliphatic rings. The Kier molecular flexibility index (Phi) is 6.95. The van der Waals surface area contributed by atoms with E-state index in [4.69, 9.17) is 32.7 Å². The van der Waals surface area contributed by atoms with E-state index in [1.165, 1.54) is 0 Å². The van der Waals surface area contributed by atoms with Crippen molar-refractivity contribution in [1.82, 2.24) is 0 Å². The standard InChI is InChI=1S/C28H24BrCl2NO4/c1-14-18(28(33)34)8-9-21-19-4-3-5-20(19)26(32-25(14)21)16-10-22(29)27(24(11-16)35-2)36-13-15-6-7-17(30)12-23(15)31/h3-4,6-12,19-20,26,32H,5,13H2,1-2H3,(H,33,34)/t19-,20-,26+/m1/s1. The van der Waals surface area contributed by atoms with E-state index in [0.29, 0.717) is 33.0 Å². The highest BCUT2D eigenvalue weighted by Gasteiger charge is 2.39. The number of rotatable bonds is 6. The van der Waals surface area contributed by atoms with Gasteiger partial charge in [-0.05, 0) is 82.2 Å². The molecule has 0 bridgehead atoms. The molecular formula is C28H24BrCl2NO4. The normalized spacial score (nSPS) is 19.9. The Morgan fingerprint density at radius 1 is 1.19 bits per heavy atom. The Bertz CT molecular complexity index is 1390. The lowest BCUT2D eigenvalue weighted by molar-refractivity contribution is 0.0696. The quantitative estimate of drug-likeness (QED) is 0.284. The average molecular weight is 589 g/mol. The maximum atomic E-state index is 11.8. The van der Waals surface area contributed by atoms with Crippen LogP contribution < -0.4 is 14.8 Å². The fourth-order valence-corrected chi connectivity index (χ4v) is 6.26. The molecule has 1 aliphatic carbocycles. The minimum atomic E-state index is -0.926. The third-order valence-electron chi connectivity index (χ3n) is 7.03. The zero-order valence-corrected chi connectivity index (χ0v) is 22.7. The second-order valence-corrected chi connectivity index (χ2v) is 10.7. The van der Waals surface area contributed by atoms with Gasteiger partial charge < -0.3 is 19.9 Å². The van der Waals surface area contributed by atoms with E-state index in [-0.39, 0.29) is 18.6 Å². The first-order valence-electron chi connectivity index (χ1n) is 11.5. The molecule has 5 rings (SSSR count). The van der Waals surface area contributed by atoms with Crippen LogP contribution in [-0.2, 0) is 6.61 Å². The second-order valence-electron chi connectivity index (χ2n) is 9.04. The molecule has 8 heteroatoms. The predicted octanol–water partition coefficient (Wildman–Crippen LogP) is 8.18. The van der Waals surface area contributed by atoms with Crippen LogP contribution in [0.4, 0.5) is 5.69 Å². The molecule has 5 nitrogen and oxygen atoms in total. The number of ether oxygens (including phenoxy) is 2. The Morgan fingerprint density at radius 3 is 2.72 bits per heavy atom. The summed E-state index contributed by atoms with van der Waals surface area (Å²) < 4.78 is 12.6. The maximum Gasteiger partial charge on any atom is 0.336 e. The van der Waals surface area contributed by atoms with Crippen molar-refractivity contribution < 1.29 is 19.4 Å². The summed E-state index contributed by atoms with van der Waals surface area (Å²) in [6, 6.07) is 12.9. The van der Waals surface area contributed by atoms with E-state index in [9.17, 15) is 9.90 Å². The highest BCUT2D eigenvalue weighted by atomic mass is 79.9. The van der Waals surface area contributed by atoms with Crippen LogP contribution in [0.2, 0.25) is 10.0 Å². The van der Waals surface area contributed by atoms with Gasteiger partial charge in [-0.25, -0.2) is 4.79 Å². The highest BCUT2D eigenvalue weighted by Crippen LogP contribution is 2.52. The number of anilines is 1. The van der Waals surface area contributed by atoms with Crippen molar-refractivity contribution in [2.75, 3.05) is 12.4 Å². The zero-order chi connectivity index (χ0) is 25.6. The molecule has 1 heterocycles. The monoisotopic (exact) mass is 587 g/mol. The van der Waals surface area contributed by atoms with Crippen LogP contribution in [0.5, 0.6) is 11.5 Å². The zero-order valence-electron chi connectivity index (χ0n) is 19.6. The maximum absolute atomic E-state index is 11.8. The molecule has 0 radical (unpaired) electrons. The van der Waals surface area contributed by atoms with Crippen molar-refractivity contribution in [3.8, 4) is 11.5 Å². The minimum absolute atomic E-state index is 0.0368. The first-order chi connectivity index (χ1) is 17.3. The van der Waals surface area contributed by atoms with Crippen LogP contribution in [-0.4, -0.2) is 18.2 Å². The van der Waals surface area contributed by atoms with E-state index in [2.05, 4.69) is 33.4 Å². The lowest BCUT2D eigenvalue weighted by atomic mass is 9.76. The molecule has 36 heavy (non-hydrogen) atoms. The summed E-state index contributed by atoms with van der Waals surface area (Å²) in [5.74, 6) is 0.748. The lowest BCUT2D eigenvalue weighted by Gasteiger charge is -2.39. The van der Waals surface area contributed by atoms with Crippen LogP contribution in [0.25, 0.3) is 0 Å². The number of methoxy groups -OCH3 is 1. The summed E-state index contributed by atoms with van der Waals surface area (Å²) >= 11 is 16.0. The minimum Gasteiger partial charge on any atom is -0.493 e. The summed E-state index contributed by atoms with van der Waals surface area (Å²) in [5.41, 5.74) is 4.92. The van der Waals surface area contributed by atoms with Crippen LogP contribution in [0.3, 0.4) is 0 Å². The first kappa shape index (κ1) is 25.0. The van der Waals surface area contributed by atoms with Crippen molar-refractivity contribution in [1.29, 1.82) is 0 Å². The first-order valence-corrected chi connectivity index (χ1v) is 13.1. The topological polar surface area (TPSA) is 67.8 Å². The molecule has 0 saturated heterocycles. The summed E-state index contributed by atoms with van der Waals surface area (Å²) in [6.45, 7) is 2.12. The molecule has 3 aromatic rings. The molecule has 3 atom stereocenters. The Labute approximate surface area is 228 Å². The molecule has 0 fully saturated rings. The van der Waals surface area contributed by atoms with Gasteiger partial charge in [-0.15, -0.1) is 0 Å². The summed E-state index contributed by atoms with van der Waals surface area (Å²) in [7, 11) is 1.61. The SMILES string of the molecule is COc1cc([C@@H]2Nc3c(ccc(C(=O)O)c3C)[C@@H]3C=CC[C@H]32)cc(Br)c1OCc1ccc(Cl)cc1Cl. The molecular weight excluding hydrogens is 565 g/mol. The summed E-state index contributed by atoms with van der Waals surface area (Å²) in [5, 5.41) is 14.4. The van der Waals surface area contributed by atoms with E-state index in [0.717, 1.165) is 38.8 Å². The number of carboxylic acid groups (broad SMARTS) is 1. The number of halogens is 3. The number of benzene rings is 3. The number of carbonyl (C=O) groups is 1. The van der Waals surface area contributed by atoms with Gasteiger partial charge in [0, 0.05) is 27.2 Å². The molecule has 0 spiro atoms. The van der Waals surface area contributed by atoms with Crippen LogP contribution in [0, 0.1) is 12.8 Å². The molecule has 1 aliphatic heterocycles. The molecule has 0 amide bonds. The number of allylic oxidation sites excluding steroid dienone is 2. The van der Waals surface area contributed by atoms with Gasteiger partial charge in [-0.1, -0.05) is 47.5 Å². The molecule has 186 valence electrons. The Morgan fingerprint density at radius 2 is 2.00 bits per heavy atom. The van der Waals surface area contributed by atoms with E-state index >= 15 is 0 Å². The van der Waals surface area contributed by atoms with Gasteiger partial charge in [0.25, 0.3) is 0 Å². The van der Waals surface area contributed by atoms with E-state index in [1.807, 2.05) is 31.2 Å². The van der Waals surface area contributed by atoms with Gasteiger partial charge in [0.2, 0.25) is 0 Å². The molecule has 0 unspecified atom stereocenters. The van der Waals surface area contributed by atoms with Gasteiger partial charge in [0.05, 0.1) is 23.2 Å². The summed E-state index contributed by atoms with van der Waals surface area (Å²) in [6.07, 6.45) is 5.37. The van der Waals surface area contributed by atoms with Crippen LogP contribution >= 0.6 is 39.1 Å². The average Bonchev–Trinajstić information content (AvgIpc) is 3.34. The Balaban J connectivity index is 1.49. The number of aromatic carboxylic acids is 1. The van der Waals surface area contributed by atoms with Crippen LogP contribution in [0.15, 0.2) is 59.1 Å². The highest BCUT2D eigenvalue weighted by molar-refractivity contribution is 9.10. The fraction of sp³-hybridized carbons (Fsp3) is 0.250. The van der Waals surface area contributed by atoms with Gasteiger partial charge in [-0.3, -0.25) is 0 Å². The molecule has 0 aromatic heterocycles. The fourth-order valence-electron chi connectivity index (χ4n) is 5.22. The molecule has 3 aromatic carbocycles. The summed E-state index contributed by atoms with van der Waals surface area (Å²) in [4.78, 5) is 11.8. The smallest absolute Gasteiger partial charge is 0.336 e. The van der Waals surface area contributed by atoms with Gasteiger partial charge in [0.1, 0.15) is 6.61 Å². The van der Waals surface area contributed by atoms with E-state index in [1.54, 1.807) is 25.3 Å². The van der Waals surface area contributed by atoms with E-state index < -0.39 is 5.97 Å². The van der Waals surface area contributed by atoms with Crippen molar-refractivity contribution >= 4 is 50.8 Å². The molecule has 2 N–H and O–H groups in total. The number of nitrogens with one attached hydrogen (secondary N) is 1. The van der Waals surface area contributed by atoms with Crippen LogP contribution in [0.1, 0.15) is 51.0 Å².